The van der Waals surface area contributed by atoms with Gasteiger partial charge in [-0.2, -0.15) is 0 Å². The first-order valence-electron chi connectivity index (χ1n) is 8.03. The molecular formula is C17H24N2O3. The van der Waals surface area contributed by atoms with Crippen LogP contribution in [0.3, 0.4) is 0 Å². The number of nitrogens with two attached hydrogens (primary N) is 1. The topological polar surface area (TPSA) is 64.8 Å². The van der Waals surface area contributed by atoms with Gasteiger partial charge in [0.25, 0.3) is 0 Å². The van der Waals surface area contributed by atoms with E-state index in [0.29, 0.717) is 30.6 Å². The smallest absolute Gasteiger partial charge is 0.223 e. The Balaban J connectivity index is 1.95. The highest BCUT2D eigenvalue weighted by Crippen LogP contribution is 2.41. The summed E-state index contributed by atoms with van der Waals surface area (Å²) in [6, 6.07) is 6.15. The summed E-state index contributed by atoms with van der Waals surface area (Å²) in [6.07, 6.45) is 3.47. The van der Waals surface area contributed by atoms with Gasteiger partial charge >= 0.3 is 0 Å². The Labute approximate surface area is 131 Å². The number of carbonyl (C=O) groups excluding carboxylic acids is 1. The number of amides is 1. The van der Waals surface area contributed by atoms with Crippen molar-refractivity contribution in [1.82, 2.24) is 4.90 Å². The minimum Gasteiger partial charge on any atom is -0.493 e. The summed E-state index contributed by atoms with van der Waals surface area (Å²) >= 11 is 0. The van der Waals surface area contributed by atoms with Crippen molar-refractivity contribution in [3.8, 4) is 11.5 Å². The fraction of sp³-hybridized carbons (Fsp3) is 0.588. The Bertz CT molecular complexity index is 557. The van der Waals surface area contributed by atoms with Crippen LogP contribution in [-0.4, -0.2) is 36.6 Å². The molecule has 0 spiro atoms. The summed E-state index contributed by atoms with van der Waals surface area (Å²) in [7, 11) is 1.63. The third-order valence-corrected chi connectivity index (χ3v) is 4.45. The fourth-order valence-corrected chi connectivity index (χ4v) is 3.28. The monoisotopic (exact) mass is 304 g/mol. The third-order valence-electron chi connectivity index (χ3n) is 4.45. The van der Waals surface area contributed by atoms with Crippen molar-refractivity contribution in [2.45, 2.75) is 50.7 Å². The molecule has 5 nitrogen and oxygen atoms in total. The number of hydrogen-bond donors (Lipinski definition) is 1. The van der Waals surface area contributed by atoms with E-state index in [1.807, 2.05) is 30.0 Å². The Hall–Kier alpha value is -1.75. The lowest BCUT2D eigenvalue weighted by Crippen LogP contribution is -2.49. The van der Waals surface area contributed by atoms with Crippen molar-refractivity contribution in [1.29, 1.82) is 0 Å². The molecule has 1 aliphatic heterocycles. The van der Waals surface area contributed by atoms with Crippen LogP contribution in [0, 0.1) is 0 Å². The number of methoxy groups -OCH3 is 1. The summed E-state index contributed by atoms with van der Waals surface area (Å²) < 4.78 is 11.0. The predicted octanol–water partition coefficient (Wildman–Crippen LogP) is 2.25. The molecular weight excluding hydrogens is 280 g/mol. The number of carbonyl (C=O) groups is 1. The summed E-state index contributed by atoms with van der Waals surface area (Å²) in [5.41, 5.74) is 7.40. The van der Waals surface area contributed by atoms with Gasteiger partial charge in [0, 0.05) is 18.5 Å². The Kier molecular flexibility index (Phi) is 4.25. The van der Waals surface area contributed by atoms with Crippen LogP contribution in [0.15, 0.2) is 18.2 Å². The molecule has 0 bridgehead atoms. The minimum absolute atomic E-state index is 0.0267. The second-order valence-corrected chi connectivity index (χ2v) is 6.02. The Morgan fingerprint density at radius 2 is 2.05 bits per heavy atom. The van der Waals surface area contributed by atoms with Crippen LogP contribution in [0.2, 0.25) is 0 Å². The standard InChI is InChI=1S/C17H24N2O3/c1-3-22-15-10-11(4-8-14(15)21-2)17-13(18)7-9-16(20)19(17)12-5-6-12/h4,8,10,12-13,17H,3,5-7,9,18H2,1-2H3. The molecule has 3 rings (SSSR count). The number of piperidine rings is 1. The van der Waals surface area contributed by atoms with E-state index < -0.39 is 0 Å². The van der Waals surface area contributed by atoms with Crippen molar-refractivity contribution in [2.24, 2.45) is 5.73 Å². The van der Waals surface area contributed by atoms with Gasteiger partial charge in [0.1, 0.15) is 0 Å². The van der Waals surface area contributed by atoms with E-state index in [1.54, 1.807) is 7.11 Å². The lowest BCUT2D eigenvalue weighted by atomic mass is 9.90. The van der Waals surface area contributed by atoms with Gasteiger partial charge in [0.15, 0.2) is 11.5 Å². The summed E-state index contributed by atoms with van der Waals surface area (Å²) in [6.45, 7) is 2.51. The quantitative estimate of drug-likeness (QED) is 0.906. The number of hydrogen-bond acceptors (Lipinski definition) is 4. The van der Waals surface area contributed by atoms with Crippen LogP contribution < -0.4 is 15.2 Å². The van der Waals surface area contributed by atoms with E-state index in [1.165, 1.54) is 0 Å². The average molecular weight is 304 g/mol. The molecule has 1 saturated carbocycles. The zero-order chi connectivity index (χ0) is 15.7. The van der Waals surface area contributed by atoms with E-state index in [4.69, 9.17) is 15.2 Å². The number of ether oxygens (including phenoxy) is 2. The number of likely N-dealkylation sites (tertiary alicyclic amines) is 1. The molecule has 120 valence electrons. The lowest BCUT2D eigenvalue weighted by Gasteiger charge is -2.40. The molecule has 5 heteroatoms. The zero-order valence-electron chi connectivity index (χ0n) is 13.2. The number of benzene rings is 1. The lowest BCUT2D eigenvalue weighted by molar-refractivity contribution is -0.138. The van der Waals surface area contributed by atoms with Gasteiger partial charge < -0.3 is 20.1 Å². The summed E-state index contributed by atoms with van der Waals surface area (Å²) in [5, 5.41) is 0. The van der Waals surface area contributed by atoms with Crippen LogP contribution in [0.1, 0.15) is 44.2 Å². The van der Waals surface area contributed by atoms with Gasteiger partial charge in [-0.25, -0.2) is 0 Å². The molecule has 1 saturated heterocycles. The molecule has 0 radical (unpaired) electrons. The molecule has 22 heavy (non-hydrogen) atoms. The highest BCUT2D eigenvalue weighted by atomic mass is 16.5. The van der Waals surface area contributed by atoms with Crippen LogP contribution in [0.25, 0.3) is 0 Å². The van der Waals surface area contributed by atoms with Crippen LogP contribution >= 0.6 is 0 Å². The van der Waals surface area contributed by atoms with Gasteiger partial charge in [0.2, 0.25) is 5.91 Å². The fourth-order valence-electron chi connectivity index (χ4n) is 3.28. The molecule has 0 aromatic heterocycles. The minimum atomic E-state index is -0.0566. The van der Waals surface area contributed by atoms with Crippen LogP contribution in [0.4, 0.5) is 0 Å². The molecule has 2 N–H and O–H groups in total. The van der Waals surface area contributed by atoms with Crippen molar-refractivity contribution in [3.63, 3.8) is 0 Å². The van der Waals surface area contributed by atoms with Crippen LogP contribution in [-0.2, 0) is 4.79 Å². The largest absolute Gasteiger partial charge is 0.493 e. The van der Waals surface area contributed by atoms with E-state index in [-0.39, 0.29) is 18.0 Å². The molecule has 1 heterocycles. The molecule has 1 aromatic carbocycles. The zero-order valence-corrected chi connectivity index (χ0v) is 13.2. The average Bonchev–Trinajstić information content (AvgIpc) is 3.34. The normalized spacial score (nSPS) is 25.2. The molecule has 2 unspecified atom stereocenters. The van der Waals surface area contributed by atoms with Crippen molar-refractivity contribution < 1.29 is 14.3 Å². The maximum Gasteiger partial charge on any atom is 0.223 e. The van der Waals surface area contributed by atoms with Crippen molar-refractivity contribution in [2.75, 3.05) is 13.7 Å². The first kappa shape index (κ1) is 15.2. The Morgan fingerprint density at radius 3 is 2.68 bits per heavy atom. The van der Waals surface area contributed by atoms with Gasteiger partial charge in [-0.3, -0.25) is 4.79 Å². The summed E-state index contributed by atoms with van der Waals surface area (Å²) in [5.74, 6) is 1.64. The first-order valence-corrected chi connectivity index (χ1v) is 8.03. The molecule has 2 fully saturated rings. The van der Waals surface area contributed by atoms with Gasteiger partial charge in [-0.1, -0.05) is 6.07 Å². The Morgan fingerprint density at radius 1 is 1.27 bits per heavy atom. The second kappa shape index (κ2) is 6.16. The maximum atomic E-state index is 12.4. The van der Waals surface area contributed by atoms with E-state index in [2.05, 4.69) is 0 Å². The maximum absolute atomic E-state index is 12.4. The second-order valence-electron chi connectivity index (χ2n) is 6.02. The van der Waals surface area contributed by atoms with E-state index >= 15 is 0 Å². The number of rotatable bonds is 5. The SMILES string of the molecule is CCOc1cc(C2C(N)CCC(=O)N2C2CC2)ccc1OC. The highest BCUT2D eigenvalue weighted by molar-refractivity contribution is 5.78. The molecule has 1 aliphatic carbocycles. The predicted molar refractivity (Wildman–Crippen MR) is 84.0 cm³/mol. The first-order chi connectivity index (χ1) is 10.7. The van der Waals surface area contributed by atoms with Gasteiger partial charge in [-0.15, -0.1) is 0 Å². The molecule has 2 atom stereocenters. The van der Waals surface area contributed by atoms with Crippen molar-refractivity contribution >= 4 is 5.91 Å². The van der Waals surface area contributed by atoms with Crippen LogP contribution in [0.5, 0.6) is 11.5 Å². The molecule has 2 aliphatic rings. The van der Waals surface area contributed by atoms with E-state index in [9.17, 15) is 4.79 Å². The highest BCUT2D eigenvalue weighted by Gasteiger charge is 2.43. The van der Waals surface area contributed by atoms with Gasteiger partial charge in [0.05, 0.1) is 19.8 Å². The van der Waals surface area contributed by atoms with E-state index in [0.717, 1.165) is 24.8 Å². The third kappa shape index (κ3) is 2.77. The van der Waals surface area contributed by atoms with Crippen molar-refractivity contribution in [3.05, 3.63) is 23.8 Å². The number of nitrogens with zero attached hydrogens (tertiary/aromatic N) is 1. The molecule has 1 amide bonds. The summed E-state index contributed by atoms with van der Waals surface area (Å²) in [4.78, 5) is 14.4. The van der Waals surface area contributed by atoms with Gasteiger partial charge in [-0.05, 0) is 43.9 Å². The molecule has 1 aromatic rings.